The first-order valence-corrected chi connectivity index (χ1v) is 6.76. The summed E-state index contributed by atoms with van der Waals surface area (Å²) >= 11 is 1.82. The molecule has 0 amide bonds. The molecule has 0 saturated carbocycles. The summed E-state index contributed by atoms with van der Waals surface area (Å²) in [6, 6.07) is 10.8. The first-order valence-electron chi connectivity index (χ1n) is 5.95. The van der Waals surface area contributed by atoms with Crippen LogP contribution in [0.4, 0.5) is 0 Å². The molecule has 1 unspecified atom stereocenters. The zero-order valence-corrected chi connectivity index (χ0v) is 11.5. The number of nitrogens with two attached hydrogens (primary N) is 1. The monoisotopic (exact) mass is 245 g/mol. The van der Waals surface area contributed by atoms with Crippen LogP contribution >= 0.6 is 11.3 Å². The van der Waals surface area contributed by atoms with Gasteiger partial charge in [0.2, 0.25) is 0 Å². The van der Waals surface area contributed by atoms with Gasteiger partial charge in [-0.15, -0.1) is 11.3 Å². The van der Waals surface area contributed by atoms with Crippen LogP contribution in [0.15, 0.2) is 30.3 Å². The second-order valence-corrected chi connectivity index (χ2v) is 5.93. The van der Waals surface area contributed by atoms with Gasteiger partial charge in [-0.3, -0.25) is 0 Å². The van der Waals surface area contributed by atoms with Gasteiger partial charge in [0.15, 0.2) is 0 Å². The average Bonchev–Trinajstić information content (AvgIpc) is 2.61. The van der Waals surface area contributed by atoms with Crippen molar-refractivity contribution in [3.8, 4) is 0 Å². The molecule has 0 bridgehead atoms. The Balaban J connectivity index is 2.20. The maximum absolute atomic E-state index is 6.32. The maximum atomic E-state index is 6.32. The molecular weight excluding hydrogens is 226 g/mol. The lowest BCUT2D eigenvalue weighted by molar-refractivity contribution is 0.729. The van der Waals surface area contributed by atoms with E-state index in [-0.39, 0.29) is 6.04 Å². The zero-order chi connectivity index (χ0) is 12.4. The zero-order valence-electron chi connectivity index (χ0n) is 10.7. The van der Waals surface area contributed by atoms with Gasteiger partial charge >= 0.3 is 0 Å². The number of rotatable bonds is 3. The smallest absolute Gasteiger partial charge is 0.0433 e. The van der Waals surface area contributed by atoms with E-state index in [4.69, 9.17) is 5.73 Å². The van der Waals surface area contributed by atoms with Crippen molar-refractivity contribution >= 4 is 11.3 Å². The van der Waals surface area contributed by atoms with Crippen LogP contribution < -0.4 is 5.73 Å². The van der Waals surface area contributed by atoms with E-state index in [2.05, 4.69) is 51.1 Å². The Hall–Kier alpha value is -1.12. The summed E-state index contributed by atoms with van der Waals surface area (Å²) in [5.74, 6) is 0. The second kappa shape index (κ2) is 5.03. The van der Waals surface area contributed by atoms with Crippen molar-refractivity contribution in [1.29, 1.82) is 0 Å². The van der Waals surface area contributed by atoms with Crippen LogP contribution in [0.3, 0.4) is 0 Å². The normalized spacial score (nSPS) is 12.7. The van der Waals surface area contributed by atoms with Crippen LogP contribution in [-0.4, -0.2) is 0 Å². The maximum Gasteiger partial charge on any atom is 0.0433 e. The van der Waals surface area contributed by atoms with Gasteiger partial charge in [0.1, 0.15) is 0 Å². The lowest BCUT2D eigenvalue weighted by Gasteiger charge is -2.13. The quantitative estimate of drug-likeness (QED) is 0.871. The molecule has 90 valence electrons. The summed E-state index contributed by atoms with van der Waals surface area (Å²) in [5.41, 5.74) is 10.3. The van der Waals surface area contributed by atoms with Gasteiger partial charge in [-0.05, 0) is 49.9 Å². The molecule has 17 heavy (non-hydrogen) atoms. The van der Waals surface area contributed by atoms with Gasteiger partial charge in [-0.25, -0.2) is 0 Å². The summed E-state index contributed by atoms with van der Waals surface area (Å²) in [6.45, 7) is 6.44. The standard InChI is InChI=1S/C15H19NS/c1-10-6-4-5-7-13(10)9-14(16)15-11(2)8-12(3)17-15/h4-8,14H,9,16H2,1-3H3. The van der Waals surface area contributed by atoms with Crippen molar-refractivity contribution in [2.75, 3.05) is 0 Å². The van der Waals surface area contributed by atoms with Crippen LogP contribution in [-0.2, 0) is 6.42 Å². The molecule has 1 atom stereocenters. The van der Waals surface area contributed by atoms with E-state index in [0.29, 0.717) is 0 Å². The minimum Gasteiger partial charge on any atom is -0.323 e. The van der Waals surface area contributed by atoms with Crippen molar-refractivity contribution < 1.29 is 0 Å². The molecule has 2 aromatic rings. The fourth-order valence-electron chi connectivity index (χ4n) is 2.20. The van der Waals surface area contributed by atoms with E-state index < -0.39 is 0 Å². The first-order chi connectivity index (χ1) is 8.08. The van der Waals surface area contributed by atoms with Crippen LogP contribution in [0.1, 0.15) is 32.5 Å². The summed E-state index contributed by atoms with van der Waals surface area (Å²) in [6.07, 6.45) is 0.924. The third kappa shape index (κ3) is 2.76. The molecule has 0 aliphatic heterocycles. The van der Waals surface area contributed by atoms with Crippen molar-refractivity contribution in [3.05, 3.63) is 56.8 Å². The molecule has 1 heterocycles. The Morgan fingerprint density at radius 1 is 1.12 bits per heavy atom. The number of aryl methyl sites for hydroxylation is 3. The highest BCUT2D eigenvalue weighted by molar-refractivity contribution is 7.12. The molecule has 0 aliphatic rings. The summed E-state index contributed by atoms with van der Waals surface area (Å²) in [7, 11) is 0. The molecule has 1 aromatic heterocycles. The van der Waals surface area contributed by atoms with E-state index in [1.54, 1.807) is 0 Å². The SMILES string of the molecule is Cc1cc(C)c(C(N)Cc2ccccc2C)s1. The molecule has 2 rings (SSSR count). The van der Waals surface area contributed by atoms with Gasteiger partial charge < -0.3 is 5.73 Å². The molecule has 1 aromatic carbocycles. The predicted octanol–water partition coefficient (Wildman–Crippen LogP) is 3.92. The number of hydrogen-bond donors (Lipinski definition) is 1. The molecular formula is C15H19NS. The number of hydrogen-bond acceptors (Lipinski definition) is 2. The number of benzene rings is 1. The molecule has 0 spiro atoms. The number of thiophene rings is 1. The van der Waals surface area contributed by atoms with Gasteiger partial charge in [0, 0.05) is 15.8 Å². The van der Waals surface area contributed by atoms with Gasteiger partial charge in [-0.1, -0.05) is 24.3 Å². The average molecular weight is 245 g/mol. The molecule has 0 fully saturated rings. The van der Waals surface area contributed by atoms with Crippen molar-refractivity contribution in [2.24, 2.45) is 5.73 Å². The third-order valence-corrected chi connectivity index (χ3v) is 4.40. The second-order valence-electron chi connectivity index (χ2n) is 4.64. The van der Waals surface area contributed by atoms with Crippen molar-refractivity contribution in [3.63, 3.8) is 0 Å². The van der Waals surface area contributed by atoms with Gasteiger partial charge in [0.25, 0.3) is 0 Å². The fourth-order valence-corrected chi connectivity index (χ4v) is 3.23. The Morgan fingerprint density at radius 3 is 2.41 bits per heavy atom. The topological polar surface area (TPSA) is 26.0 Å². The predicted molar refractivity (Wildman–Crippen MR) is 75.6 cm³/mol. The van der Waals surface area contributed by atoms with Gasteiger partial charge in [0.05, 0.1) is 0 Å². The Labute approximate surface area is 107 Å². The largest absolute Gasteiger partial charge is 0.323 e. The van der Waals surface area contributed by atoms with E-state index >= 15 is 0 Å². The van der Waals surface area contributed by atoms with Crippen LogP contribution in [0.2, 0.25) is 0 Å². The molecule has 0 radical (unpaired) electrons. The fraction of sp³-hybridized carbons (Fsp3) is 0.333. The lowest BCUT2D eigenvalue weighted by Crippen LogP contribution is -2.13. The molecule has 0 aliphatic carbocycles. The van der Waals surface area contributed by atoms with Crippen LogP contribution in [0, 0.1) is 20.8 Å². The first kappa shape index (κ1) is 12.3. The highest BCUT2D eigenvalue weighted by Crippen LogP contribution is 2.28. The Bertz CT molecular complexity index is 513. The molecule has 2 heteroatoms. The van der Waals surface area contributed by atoms with Crippen molar-refractivity contribution in [1.82, 2.24) is 0 Å². The highest BCUT2D eigenvalue weighted by Gasteiger charge is 2.13. The molecule has 2 N–H and O–H groups in total. The van der Waals surface area contributed by atoms with E-state index in [0.717, 1.165) is 6.42 Å². The van der Waals surface area contributed by atoms with Gasteiger partial charge in [-0.2, -0.15) is 0 Å². The van der Waals surface area contributed by atoms with E-state index in [1.165, 1.54) is 26.4 Å². The van der Waals surface area contributed by atoms with E-state index in [9.17, 15) is 0 Å². The van der Waals surface area contributed by atoms with Crippen molar-refractivity contribution in [2.45, 2.75) is 33.2 Å². The summed E-state index contributed by atoms with van der Waals surface area (Å²) in [4.78, 5) is 2.67. The van der Waals surface area contributed by atoms with E-state index in [1.807, 2.05) is 11.3 Å². The summed E-state index contributed by atoms with van der Waals surface area (Å²) < 4.78 is 0. The third-order valence-electron chi connectivity index (χ3n) is 3.12. The van der Waals surface area contributed by atoms with Crippen LogP contribution in [0.5, 0.6) is 0 Å². The minimum absolute atomic E-state index is 0.120. The minimum atomic E-state index is 0.120. The summed E-state index contributed by atoms with van der Waals surface area (Å²) in [5, 5.41) is 0. The lowest BCUT2D eigenvalue weighted by atomic mass is 9.99. The Morgan fingerprint density at radius 2 is 1.82 bits per heavy atom. The molecule has 0 saturated heterocycles. The highest BCUT2D eigenvalue weighted by atomic mass is 32.1. The Kier molecular flexibility index (Phi) is 3.65. The van der Waals surface area contributed by atoms with Crippen LogP contribution in [0.25, 0.3) is 0 Å². The molecule has 1 nitrogen and oxygen atoms in total.